The van der Waals surface area contributed by atoms with Gasteiger partial charge in [0.05, 0.1) is 27.6 Å². The number of para-hydroxylation sites is 1. The highest BCUT2D eigenvalue weighted by Crippen LogP contribution is 2.26. The standard InChI is InChI=1S/C19H18N4O3/c1-12-5-2-3-7-17(12)22-18(16-6-4-10-20-16)21-15-9-8-13(23(25)26)11-14(15)19(22)24/h2-3,5,7-9,11,16,20H,4,6,10H2,1H3/t16-/m1/s1. The largest absolute Gasteiger partial charge is 0.307 e. The topological polar surface area (TPSA) is 90.1 Å². The normalized spacial score (nSPS) is 16.9. The summed E-state index contributed by atoms with van der Waals surface area (Å²) in [6.45, 7) is 2.82. The van der Waals surface area contributed by atoms with Crippen LogP contribution in [0.3, 0.4) is 0 Å². The Labute approximate surface area is 149 Å². The number of nitro groups is 1. The molecule has 1 atom stereocenters. The third kappa shape index (κ3) is 2.66. The first-order valence-corrected chi connectivity index (χ1v) is 8.57. The van der Waals surface area contributed by atoms with Crippen LogP contribution in [0.4, 0.5) is 5.69 Å². The van der Waals surface area contributed by atoms with Crippen LogP contribution >= 0.6 is 0 Å². The second-order valence-electron chi connectivity index (χ2n) is 6.50. The van der Waals surface area contributed by atoms with Crippen LogP contribution in [0.5, 0.6) is 0 Å². The molecule has 1 N–H and O–H groups in total. The summed E-state index contributed by atoms with van der Waals surface area (Å²) in [5, 5.41) is 14.8. The molecular formula is C19H18N4O3. The Morgan fingerprint density at radius 1 is 1.27 bits per heavy atom. The summed E-state index contributed by atoms with van der Waals surface area (Å²) in [5.74, 6) is 0.656. The van der Waals surface area contributed by atoms with Crippen molar-refractivity contribution in [3.8, 4) is 5.69 Å². The summed E-state index contributed by atoms with van der Waals surface area (Å²) in [4.78, 5) is 28.6. The van der Waals surface area contributed by atoms with E-state index in [-0.39, 0.29) is 22.7 Å². The fourth-order valence-corrected chi connectivity index (χ4v) is 3.49. The van der Waals surface area contributed by atoms with E-state index in [1.165, 1.54) is 12.1 Å². The Hall–Kier alpha value is -3.06. The van der Waals surface area contributed by atoms with E-state index in [1.807, 2.05) is 31.2 Å². The number of non-ortho nitro benzene ring substituents is 1. The van der Waals surface area contributed by atoms with Crippen molar-refractivity contribution in [2.75, 3.05) is 6.54 Å². The first-order valence-electron chi connectivity index (χ1n) is 8.57. The van der Waals surface area contributed by atoms with Gasteiger partial charge in [0.15, 0.2) is 0 Å². The second kappa shape index (κ2) is 6.34. The first-order chi connectivity index (χ1) is 12.6. The van der Waals surface area contributed by atoms with Gasteiger partial charge in [-0.15, -0.1) is 0 Å². The lowest BCUT2D eigenvalue weighted by molar-refractivity contribution is -0.384. The molecule has 0 bridgehead atoms. The Morgan fingerprint density at radius 2 is 2.08 bits per heavy atom. The lowest BCUT2D eigenvalue weighted by Crippen LogP contribution is -2.29. The van der Waals surface area contributed by atoms with Gasteiger partial charge in [-0.05, 0) is 44.0 Å². The number of benzene rings is 2. The molecule has 0 spiro atoms. The lowest BCUT2D eigenvalue weighted by Gasteiger charge is -2.19. The van der Waals surface area contributed by atoms with Gasteiger partial charge in [-0.3, -0.25) is 19.5 Å². The number of rotatable bonds is 3. The predicted molar refractivity (Wildman–Crippen MR) is 98.7 cm³/mol. The van der Waals surface area contributed by atoms with Gasteiger partial charge in [-0.2, -0.15) is 0 Å². The van der Waals surface area contributed by atoms with Crippen LogP contribution < -0.4 is 10.9 Å². The van der Waals surface area contributed by atoms with Crippen molar-refractivity contribution in [2.45, 2.75) is 25.8 Å². The summed E-state index contributed by atoms with van der Waals surface area (Å²) < 4.78 is 1.60. The van der Waals surface area contributed by atoms with Crippen molar-refractivity contribution in [1.82, 2.24) is 14.9 Å². The molecule has 1 aromatic heterocycles. The third-order valence-electron chi connectivity index (χ3n) is 4.82. The SMILES string of the molecule is Cc1ccccc1-n1c([C@H]2CCCN2)nc2ccc([N+](=O)[O-])cc2c1=O. The number of fused-ring (bicyclic) bond motifs is 1. The molecule has 1 aliphatic heterocycles. The van der Waals surface area contributed by atoms with E-state index >= 15 is 0 Å². The Kier molecular flexibility index (Phi) is 4.00. The summed E-state index contributed by atoms with van der Waals surface area (Å²) >= 11 is 0. The number of aromatic nitrogens is 2. The number of nitrogens with zero attached hydrogens (tertiary/aromatic N) is 3. The Bertz CT molecular complexity index is 1070. The van der Waals surface area contributed by atoms with E-state index in [1.54, 1.807) is 10.6 Å². The van der Waals surface area contributed by atoms with Gasteiger partial charge < -0.3 is 5.32 Å². The number of nitro benzene ring substituents is 1. The van der Waals surface area contributed by atoms with Gasteiger partial charge in [0.25, 0.3) is 11.2 Å². The van der Waals surface area contributed by atoms with Crippen LogP contribution in [0, 0.1) is 17.0 Å². The number of hydrogen-bond acceptors (Lipinski definition) is 5. The molecule has 0 radical (unpaired) electrons. The average molecular weight is 350 g/mol. The van der Waals surface area contributed by atoms with Crippen LogP contribution in [-0.4, -0.2) is 21.0 Å². The van der Waals surface area contributed by atoms with E-state index in [0.717, 1.165) is 30.6 Å². The highest BCUT2D eigenvalue weighted by Gasteiger charge is 2.25. The number of nitrogens with one attached hydrogen (secondary N) is 1. The second-order valence-corrected chi connectivity index (χ2v) is 6.50. The highest BCUT2D eigenvalue weighted by molar-refractivity contribution is 5.80. The zero-order valence-corrected chi connectivity index (χ0v) is 14.3. The lowest BCUT2D eigenvalue weighted by atomic mass is 10.1. The van der Waals surface area contributed by atoms with Crippen molar-refractivity contribution in [2.24, 2.45) is 0 Å². The quantitative estimate of drug-likeness (QED) is 0.579. The molecule has 2 heterocycles. The molecule has 7 nitrogen and oxygen atoms in total. The maximum Gasteiger partial charge on any atom is 0.270 e. The monoisotopic (exact) mass is 350 g/mol. The molecule has 4 rings (SSSR count). The van der Waals surface area contributed by atoms with Gasteiger partial charge in [-0.1, -0.05) is 18.2 Å². The van der Waals surface area contributed by atoms with Crippen LogP contribution in [0.25, 0.3) is 16.6 Å². The van der Waals surface area contributed by atoms with Crippen LogP contribution in [-0.2, 0) is 0 Å². The fraction of sp³-hybridized carbons (Fsp3) is 0.263. The summed E-state index contributed by atoms with van der Waals surface area (Å²) in [6.07, 6.45) is 1.92. The minimum atomic E-state index is -0.497. The van der Waals surface area contributed by atoms with E-state index in [2.05, 4.69) is 5.32 Å². The molecule has 1 saturated heterocycles. The molecule has 1 fully saturated rings. The van der Waals surface area contributed by atoms with Crippen LogP contribution in [0.15, 0.2) is 47.3 Å². The molecule has 2 aromatic carbocycles. The summed E-state index contributed by atoms with van der Waals surface area (Å²) in [7, 11) is 0. The predicted octanol–water partition coefficient (Wildman–Crippen LogP) is 3.03. The maximum absolute atomic E-state index is 13.3. The van der Waals surface area contributed by atoms with E-state index < -0.39 is 4.92 Å². The molecule has 0 amide bonds. The number of hydrogen-bond donors (Lipinski definition) is 1. The molecule has 0 unspecified atom stereocenters. The van der Waals surface area contributed by atoms with Gasteiger partial charge in [0, 0.05) is 12.1 Å². The van der Waals surface area contributed by atoms with Gasteiger partial charge >= 0.3 is 0 Å². The van der Waals surface area contributed by atoms with Crippen LogP contribution in [0.2, 0.25) is 0 Å². The van der Waals surface area contributed by atoms with Gasteiger partial charge in [-0.25, -0.2) is 4.98 Å². The molecule has 0 aliphatic carbocycles. The smallest absolute Gasteiger partial charge is 0.270 e. The average Bonchev–Trinajstić information content (AvgIpc) is 3.17. The van der Waals surface area contributed by atoms with Gasteiger partial charge in [0.2, 0.25) is 0 Å². The summed E-state index contributed by atoms with van der Waals surface area (Å²) in [5.41, 5.74) is 1.79. The maximum atomic E-state index is 13.3. The molecule has 26 heavy (non-hydrogen) atoms. The van der Waals surface area contributed by atoms with Crippen molar-refractivity contribution >= 4 is 16.6 Å². The van der Waals surface area contributed by atoms with E-state index in [9.17, 15) is 14.9 Å². The molecular weight excluding hydrogens is 332 g/mol. The molecule has 1 aliphatic rings. The molecule has 7 heteroatoms. The Morgan fingerprint density at radius 3 is 2.77 bits per heavy atom. The van der Waals surface area contributed by atoms with E-state index in [0.29, 0.717) is 11.3 Å². The van der Waals surface area contributed by atoms with E-state index in [4.69, 9.17) is 4.98 Å². The zero-order chi connectivity index (χ0) is 18.3. The third-order valence-corrected chi connectivity index (χ3v) is 4.82. The minimum absolute atomic E-state index is 0.0121. The first kappa shape index (κ1) is 16.4. The van der Waals surface area contributed by atoms with Crippen molar-refractivity contribution in [1.29, 1.82) is 0 Å². The molecule has 3 aromatic rings. The van der Waals surface area contributed by atoms with Gasteiger partial charge in [0.1, 0.15) is 5.82 Å². The Balaban J connectivity index is 2.06. The van der Waals surface area contributed by atoms with Crippen molar-refractivity contribution in [3.63, 3.8) is 0 Å². The zero-order valence-electron chi connectivity index (χ0n) is 14.3. The molecule has 0 saturated carbocycles. The van der Waals surface area contributed by atoms with Crippen molar-refractivity contribution < 1.29 is 4.92 Å². The fourth-order valence-electron chi connectivity index (χ4n) is 3.49. The van der Waals surface area contributed by atoms with Crippen molar-refractivity contribution in [3.05, 3.63) is 74.3 Å². The molecule has 132 valence electrons. The highest BCUT2D eigenvalue weighted by atomic mass is 16.6. The summed E-state index contributed by atoms with van der Waals surface area (Å²) in [6, 6.07) is 11.8. The minimum Gasteiger partial charge on any atom is -0.307 e. The number of aryl methyl sites for hydroxylation is 1. The van der Waals surface area contributed by atoms with Crippen LogP contribution in [0.1, 0.15) is 30.3 Å².